The number of amides is 2. The molecule has 0 bridgehead atoms. The first-order valence-electron chi connectivity index (χ1n) is 9.53. The van der Waals surface area contributed by atoms with E-state index in [0.29, 0.717) is 28.9 Å². The lowest BCUT2D eigenvalue weighted by Crippen LogP contribution is -2.50. The standard InChI is InChI=1S/C20H25N3O6/c1-4-23-9-13(19(26)22-17(11(2)3)20(27)21-5-6-24)18(25)12-7-15-16(8-14(12)23)29-10-28-15/h7-9,11,17,24H,4-6,10H2,1-3H3,(H,21,27)(H,22,26)/t17-/m0/s1. The molecule has 9 heteroatoms. The Kier molecular flexibility index (Phi) is 6.07. The largest absolute Gasteiger partial charge is 0.454 e. The molecule has 9 nitrogen and oxygen atoms in total. The van der Waals surface area contributed by atoms with Crippen molar-refractivity contribution in [2.75, 3.05) is 19.9 Å². The Morgan fingerprint density at radius 2 is 1.93 bits per heavy atom. The number of aliphatic hydroxyl groups excluding tert-OH is 1. The molecule has 156 valence electrons. The normalized spacial score (nSPS) is 13.6. The van der Waals surface area contributed by atoms with Gasteiger partial charge in [0.25, 0.3) is 5.91 Å². The van der Waals surface area contributed by atoms with E-state index in [1.165, 1.54) is 6.20 Å². The summed E-state index contributed by atoms with van der Waals surface area (Å²) in [5.74, 6) is -0.243. The second-order valence-corrected chi connectivity index (χ2v) is 7.09. The van der Waals surface area contributed by atoms with Gasteiger partial charge in [-0.15, -0.1) is 0 Å². The number of hydrogen-bond donors (Lipinski definition) is 3. The van der Waals surface area contributed by atoms with Gasteiger partial charge < -0.3 is 29.8 Å². The molecule has 1 aromatic carbocycles. The topological polar surface area (TPSA) is 119 Å². The molecule has 0 saturated heterocycles. The van der Waals surface area contributed by atoms with E-state index in [0.717, 1.165) is 0 Å². The quantitative estimate of drug-likeness (QED) is 0.623. The summed E-state index contributed by atoms with van der Waals surface area (Å²) in [5, 5.41) is 14.4. The fourth-order valence-corrected chi connectivity index (χ4v) is 3.25. The summed E-state index contributed by atoms with van der Waals surface area (Å²) in [4.78, 5) is 38.2. The van der Waals surface area contributed by atoms with Crippen LogP contribution in [0.25, 0.3) is 10.9 Å². The number of hydrogen-bond acceptors (Lipinski definition) is 6. The number of rotatable bonds is 7. The van der Waals surface area contributed by atoms with Crippen molar-refractivity contribution in [3.8, 4) is 11.5 Å². The van der Waals surface area contributed by atoms with Crippen LogP contribution in [0.1, 0.15) is 31.1 Å². The van der Waals surface area contributed by atoms with Crippen molar-refractivity contribution >= 4 is 22.7 Å². The van der Waals surface area contributed by atoms with E-state index in [1.54, 1.807) is 30.5 Å². The molecule has 3 rings (SSSR count). The summed E-state index contributed by atoms with van der Waals surface area (Å²) in [6.07, 6.45) is 1.49. The molecule has 0 fully saturated rings. The molecule has 1 aromatic heterocycles. The van der Waals surface area contributed by atoms with Crippen LogP contribution in [-0.4, -0.2) is 47.5 Å². The SMILES string of the molecule is CCn1cc(C(=O)N[C@H](C(=O)NCCO)C(C)C)c(=O)c2cc3c(cc21)OCO3. The Balaban J connectivity index is 1.99. The van der Waals surface area contributed by atoms with Crippen molar-refractivity contribution in [3.63, 3.8) is 0 Å². The molecular formula is C20H25N3O6. The molecule has 2 amide bonds. The number of carbonyl (C=O) groups excluding carboxylic acids is 2. The highest BCUT2D eigenvalue weighted by Crippen LogP contribution is 2.35. The van der Waals surface area contributed by atoms with Gasteiger partial charge in [-0.3, -0.25) is 14.4 Å². The van der Waals surface area contributed by atoms with E-state index in [1.807, 2.05) is 6.92 Å². The smallest absolute Gasteiger partial charge is 0.257 e. The van der Waals surface area contributed by atoms with Gasteiger partial charge in [0, 0.05) is 25.4 Å². The summed E-state index contributed by atoms with van der Waals surface area (Å²) < 4.78 is 12.5. The number of aromatic nitrogens is 1. The molecule has 29 heavy (non-hydrogen) atoms. The molecule has 0 unspecified atom stereocenters. The maximum absolute atomic E-state index is 13.0. The fraction of sp³-hybridized carbons (Fsp3) is 0.450. The van der Waals surface area contributed by atoms with Crippen molar-refractivity contribution in [2.45, 2.75) is 33.4 Å². The zero-order valence-electron chi connectivity index (χ0n) is 16.7. The van der Waals surface area contributed by atoms with E-state index >= 15 is 0 Å². The highest BCUT2D eigenvalue weighted by atomic mass is 16.7. The first-order valence-corrected chi connectivity index (χ1v) is 9.53. The van der Waals surface area contributed by atoms with E-state index < -0.39 is 23.3 Å². The lowest BCUT2D eigenvalue weighted by Gasteiger charge is -2.22. The van der Waals surface area contributed by atoms with Crippen LogP contribution in [-0.2, 0) is 11.3 Å². The predicted molar refractivity (Wildman–Crippen MR) is 106 cm³/mol. The highest BCUT2D eigenvalue weighted by molar-refractivity contribution is 6.00. The van der Waals surface area contributed by atoms with E-state index in [-0.39, 0.29) is 31.4 Å². The maximum Gasteiger partial charge on any atom is 0.257 e. The van der Waals surface area contributed by atoms with Crippen LogP contribution in [0.4, 0.5) is 0 Å². The monoisotopic (exact) mass is 403 g/mol. The Labute approximate surface area is 167 Å². The maximum atomic E-state index is 13.0. The molecule has 3 N–H and O–H groups in total. The Bertz CT molecular complexity index is 998. The minimum Gasteiger partial charge on any atom is -0.454 e. The van der Waals surface area contributed by atoms with E-state index in [9.17, 15) is 14.4 Å². The van der Waals surface area contributed by atoms with Gasteiger partial charge >= 0.3 is 0 Å². The number of ether oxygens (including phenoxy) is 2. The molecule has 0 spiro atoms. The highest BCUT2D eigenvalue weighted by Gasteiger charge is 2.27. The van der Waals surface area contributed by atoms with Gasteiger partial charge in [-0.05, 0) is 18.9 Å². The summed E-state index contributed by atoms with van der Waals surface area (Å²) in [6, 6.07) is 2.47. The molecule has 1 atom stereocenters. The second-order valence-electron chi connectivity index (χ2n) is 7.09. The van der Waals surface area contributed by atoms with Crippen LogP contribution in [0.2, 0.25) is 0 Å². The van der Waals surface area contributed by atoms with Gasteiger partial charge in [0.15, 0.2) is 11.5 Å². The summed E-state index contributed by atoms with van der Waals surface area (Å²) >= 11 is 0. The molecule has 0 radical (unpaired) electrons. The molecule has 2 aromatic rings. The van der Waals surface area contributed by atoms with Gasteiger partial charge in [-0.2, -0.15) is 0 Å². The molecule has 2 heterocycles. The summed E-state index contributed by atoms with van der Waals surface area (Å²) in [6.45, 7) is 5.97. The number of nitrogens with zero attached hydrogens (tertiary/aromatic N) is 1. The van der Waals surface area contributed by atoms with Gasteiger partial charge in [0.2, 0.25) is 18.1 Å². The number of carbonyl (C=O) groups is 2. The number of pyridine rings is 1. The minimum absolute atomic E-state index is 0.0566. The van der Waals surface area contributed by atoms with Crippen LogP contribution >= 0.6 is 0 Å². The van der Waals surface area contributed by atoms with Gasteiger partial charge in [-0.25, -0.2) is 0 Å². The average molecular weight is 403 g/mol. The third-order valence-corrected chi connectivity index (χ3v) is 4.81. The summed E-state index contributed by atoms with van der Waals surface area (Å²) in [5.41, 5.74) is 0.136. The summed E-state index contributed by atoms with van der Waals surface area (Å²) in [7, 11) is 0. The van der Waals surface area contributed by atoms with Crippen LogP contribution in [0.5, 0.6) is 11.5 Å². The third-order valence-electron chi connectivity index (χ3n) is 4.81. The lowest BCUT2D eigenvalue weighted by molar-refractivity contribution is -0.124. The second kappa shape index (κ2) is 8.52. The first-order chi connectivity index (χ1) is 13.9. The number of aryl methyl sites for hydroxylation is 1. The Morgan fingerprint density at radius 1 is 1.24 bits per heavy atom. The van der Waals surface area contributed by atoms with Crippen LogP contribution in [0.3, 0.4) is 0 Å². The molecular weight excluding hydrogens is 378 g/mol. The van der Waals surface area contributed by atoms with Gasteiger partial charge in [0.1, 0.15) is 11.6 Å². The Morgan fingerprint density at radius 3 is 2.55 bits per heavy atom. The van der Waals surface area contributed by atoms with Crippen molar-refractivity contribution in [2.24, 2.45) is 5.92 Å². The molecule has 0 saturated carbocycles. The van der Waals surface area contributed by atoms with E-state index in [4.69, 9.17) is 14.6 Å². The molecule has 1 aliphatic heterocycles. The number of nitrogens with one attached hydrogen (secondary N) is 2. The number of benzene rings is 1. The predicted octanol–water partition coefficient (Wildman–Crippen LogP) is 0.613. The molecule has 1 aliphatic rings. The van der Waals surface area contributed by atoms with Crippen molar-refractivity contribution in [1.29, 1.82) is 0 Å². The van der Waals surface area contributed by atoms with Crippen molar-refractivity contribution in [1.82, 2.24) is 15.2 Å². The lowest BCUT2D eigenvalue weighted by atomic mass is 10.0. The zero-order valence-corrected chi connectivity index (χ0v) is 16.7. The van der Waals surface area contributed by atoms with Crippen LogP contribution < -0.4 is 25.5 Å². The van der Waals surface area contributed by atoms with Crippen LogP contribution in [0.15, 0.2) is 23.1 Å². The van der Waals surface area contributed by atoms with Crippen LogP contribution in [0, 0.1) is 5.92 Å². The third kappa shape index (κ3) is 4.04. The van der Waals surface area contributed by atoms with Crippen molar-refractivity contribution < 1.29 is 24.2 Å². The first kappa shape index (κ1) is 20.7. The zero-order chi connectivity index (χ0) is 21.1. The fourth-order valence-electron chi connectivity index (χ4n) is 3.25. The molecule has 0 aliphatic carbocycles. The van der Waals surface area contributed by atoms with E-state index in [2.05, 4.69) is 10.6 Å². The number of aliphatic hydroxyl groups is 1. The number of fused-ring (bicyclic) bond motifs is 2. The van der Waals surface area contributed by atoms with Crippen molar-refractivity contribution in [3.05, 3.63) is 34.1 Å². The average Bonchev–Trinajstić information content (AvgIpc) is 3.16. The minimum atomic E-state index is -0.837. The Hall–Kier alpha value is -3.07. The van der Waals surface area contributed by atoms with Gasteiger partial charge in [0.05, 0.1) is 17.5 Å². The van der Waals surface area contributed by atoms with Gasteiger partial charge in [-0.1, -0.05) is 13.8 Å².